The number of hydrogen-bond donors (Lipinski definition) is 0. The Morgan fingerprint density at radius 1 is 0.615 bits per heavy atom. The van der Waals surface area contributed by atoms with E-state index in [9.17, 15) is 0 Å². The molecule has 2 aromatic heterocycles. The molecule has 0 N–H and O–H groups in total. The van der Waals surface area contributed by atoms with Crippen LogP contribution < -0.4 is 17.8 Å². The van der Waals surface area contributed by atoms with Crippen LogP contribution in [0.5, 0.6) is 0 Å². The fraction of sp³-hybridized carbons (Fsp3) is 0.765. The first-order valence-corrected chi connectivity index (χ1v) is 29.9. The molecule has 39 heavy (non-hydrogen) atoms. The van der Waals surface area contributed by atoms with Gasteiger partial charge in [0.2, 0.25) is 0 Å². The third-order valence-corrected chi connectivity index (χ3v) is 34.7. The molecule has 0 spiro atoms. The normalized spacial score (nSPS) is 16.4. The van der Waals surface area contributed by atoms with Gasteiger partial charge < -0.3 is 0 Å². The number of rotatable bonds is 18. The summed E-state index contributed by atoms with van der Waals surface area (Å²) < 4.78 is 7.61. The maximum atomic E-state index is 2.89. The second-order valence-electron chi connectivity index (χ2n) is 14.3. The summed E-state index contributed by atoms with van der Waals surface area (Å²) in [5.74, 6) is 1.84. The number of hydrogen-bond acceptors (Lipinski definition) is 2. The molecular weight excluding hydrogens is 601 g/mol. The molecule has 1 aliphatic heterocycles. The second-order valence-corrected chi connectivity index (χ2v) is 35.3. The van der Waals surface area contributed by atoms with E-state index in [-0.39, 0.29) is 0 Å². The molecule has 2 unspecified atom stereocenters. The Bertz CT molecular complexity index is 952. The Hall–Kier alpha value is 0.377. The van der Waals surface area contributed by atoms with Gasteiger partial charge in [-0.1, -0.05) is 0 Å². The van der Waals surface area contributed by atoms with E-state index in [0.29, 0.717) is 0 Å². The molecule has 0 aromatic carbocycles. The minimum atomic E-state index is -2.57. The topological polar surface area (TPSA) is 0 Å². The van der Waals surface area contributed by atoms with E-state index in [2.05, 4.69) is 103 Å². The quantitative estimate of drug-likeness (QED) is 0.139. The van der Waals surface area contributed by atoms with Crippen molar-refractivity contribution in [2.45, 2.75) is 155 Å². The molecule has 222 valence electrons. The number of unbranched alkanes of at least 4 members (excludes halogenated alkanes) is 2. The van der Waals surface area contributed by atoms with E-state index in [1.54, 1.807) is 20.3 Å². The predicted octanol–water partition coefficient (Wildman–Crippen LogP) is 10.4. The standard InChI is InChI=1S/C34H62GeS2Si2/c1-11-17-19-27(15-5)25-35(26-28(16-6)20-18-12-2)29-23-31(38(7,8)21-13-3)36-33(29)34-30(35)24-32(37-34)39(9,10)22-14-4/h23-24,27-28H,11-22,25-26H2,1-10H3. The van der Waals surface area contributed by atoms with Crippen LogP contribution in [0, 0.1) is 11.8 Å². The van der Waals surface area contributed by atoms with E-state index in [1.807, 2.05) is 17.8 Å². The Balaban J connectivity index is 2.26. The summed E-state index contributed by atoms with van der Waals surface area (Å²) in [6, 6.07) is 8.66. The zero-order valence-corrected chi connectivity index (χ0v) is 33.3. The van der Waals surface area contributed by atoms with Crippen LogP contribution in [-0.2, 0) is 0 Å². The summed E-state index contributed by atoms with van der Waals surface area (Å²) in [6.07, 6.45) is 13.9. The molecule has 0 nitrogen and oxygen atoms in total. The molecule has 0 bridgehead atoms. The Morgan fingerprint density at radius 2 is 1.00 bits per heavy atom. The van der Waals surface area contributed by atoms with E-state index in [4.69, 9.17) is 0 Å². The van der Waals surface area contributed by atoms with Gasteiger partial charge in [0.25, 0.3) is 0 Å². The molecular formula is C34H62GeS2Si2. The van der Waals surface area contributed by atoms with Gasteiger partial charge in [0.15, 0.2) is 0 Å². The van der Waals surface area contributed by atoms with Crippen molar-refractivity contribution in [3.8, 4) is 9.75 Å². The minimum absolute atomic E-state index is 0.918. The van der Waals surface area contributed by atoms with Crippen molar-refractivity contribution in [3.05, 3.63) is 12.1 Å². The van der Waals surface area contributed by atoms with Gasteiger partial charge in [-0.15, -0.1) is 0 Å². The van der Waals surface area contributed by atoms with Crippen LogP contribution in [0.25, 0.3) is 9.75 Å². The Labute approximate surface area is 256 Å². The second kappa shape index (κ2) is 14.7. The summed E-state index contributed by atoms with van der Waals surface area (Å²) in [6.45, 7) is 25.3. The molecule has 3 rings (SSSR count). The van der Waals surface area contributed by atoms with Gasteiger partial charge in [-0.3, -0.25) is 0 Å². The van der Waals surface area contributed by atoms with Crippen molar-refractivity contribution in [1.29, 1.82) is 0 Å². The molecule has 2 aromatic rings. The van der Waals surface area contributed by atoms with Crippen molar-refractivity contribution in [3.63, 3.8) is 0 Å². The van der Waals surface area contributed by atoms with E-state index in [1.165, 1.54) is 76.3 Å². The molecule has 0 fully saturated rings. The van der Waals surface area contributed by atoms with Crippen molar-refractivity contribution in [2.24, 2.45) is 11.8 Å². The first kappa shape index (κ1) is 33.9. The van der Waals surface area contributed by atoms with Crippen LogP contribution in [-0.4, -0.2) is 29.4 Å². The molecule has 2 atom stereocenters. The van der Waals surface area contributed by atoms with Crippen LogP contribution in [0.15, 0.2) is 12.1 Å². The van der Waals surface area contributed by atoms with Crippen LogP contribution in [0.3, 0.4) is 0 Å². The monoisotopic (exact) mass is 664 g/mol. The molecule has 0 radical (unpaired) electrons. The Morgan fingerprint density at radius 3 is 1.31 bits per heavy atom. The zero-order chi connectivity index (χ0) is 28.8. The van der Waals surface area contributed by atoms with E-state index < -0.39 is 29.4 Å². The fourth-order valence-corrected chi connectivity index (χ4v) is 34.0. The molecule has 0 amide bonds. The predicted molar refractivity (Wildman–Crippen MR) is 193 cm³/mol. The van der Waals surface area contributed by atoms with E-state index in [0.717, 1.165) is 11.8 Å². The Kier molecular flexibility index (Phi) is 12.8. The van der Waals surface area contributed by atoms with Crippen molar-refractivity contribution < 1.29 is 0 Å². The van der Waals surface area contributed by atoms with Gasteiger partial charge in [-0.05, 0) is 0 Å². The third kappa shape index (κ3) is 7.48. The molecule has 1 aliphatic rings. The first-order chi connectivity index (χ1) is 18.5. The summed E-state index contributed by atoms with van der Waals surface area (Å²) in [5, 5.41) is 3.13. The fourth-order valence-electron chi connectivity index (χ4n) is 7.53. The maximum absolute atomic E-state index is 2.89. The molecule has 0 saturated heterocycles. The summed E-state index contributed by atoms with van der Waals surface area (Å²) in [7, 11) is -2.75. The summed E-state index contributed by atoms with van der Waals surface area (Å²) in [4.78, 5) is 3.59. The number of fused-ring (bicyclic) bond motifs is 3. The molecule has 5 heteroatoms. The third-order valence-electron chi connectivity index (χ3n) is 10.1. The van der Waals surface area contributed by atoms with Crippen LogP contribution in [0.4, 0.5) is 0 Å². The van der Waals surface area contributed by atoms with Gasteiger partial charge in [0.05, 0.1) is 0 Å². The van der Waals surface area contributed by atoms with Crippen molar-refractivity contribution in [1.82, 2.24) is 0 Å². The van der Waals surface area contributed by atoms with Gasteiger partial charge in [-0.2, -0.15) is 0 Å². The molecule has 3 heterocycles. The van der Waals surface area contributed by atoms with Crippen LogP contribution >= 0.6 is 22.7 Å². The van der Waals surface area contributed by atoms with Crippen molar-refractivity contribution >= 4 is 69.9 Å². The summed E-state index contributed by atoms with van der Waals surface area (Å²) >= 11 is 2.02. The SMILES string of the molecule is CCCCC(CC)[CH2][Ge]1([CH2]C(CC)CCCC)[c]2cc([Si](C)(C)CCC)sc2-c2sc([Si](C)(C)CCC)c[c]21. The van der Waals surface area contributed by atoms with Gasteiger partial charge in [0.1, 0.15) is 0 Å². The van der Waals surface area contributed by atoms with Crippen molar-refractivity contribution in [2.75, 3.05) is 0 Å². The number of thiophene rings is 2. The van der Waals surface area contributed by atoms with Gasteiger partial charge in [0, 0.05) is 0 Å². The van der Waals surface area contributed by atoms with Crippen LogP contribution in [0.1, 0.15) is 106 Å². The molecule has 0 aliphatic carbocycles. The van der Waals surface area contributed by atoms with E-state index >= 15 is 0 Å². The summed E-state index contributed by atoms with van der Waals surface area (Å²) in [5.41, 5.74) is 0. The van der Waals surface area contributed by atoms with Gasteiger partial charge in [-0.25, -0.2) is 0 Å². The zero-order valence-electron chi connectivity index (χ0n) is 27.5. The van der Waals surface area contributed by atoms with Crippen LogP contribution in [0.2, 0.25) is 48.8 Å². The first-order valence-electron chi connectivity index (χ1n) is 16.8. The average molecular weight is 664 g/mol. The molecule has 0 saturated carbocycles. The average Bonchev–Trinajstić information content (AvgIpc) is 3.58. The van der Waals surface area contributed by atoms with Gasteiger partial charge >= 0.3 is 258 Å².